The first-order chi connectivity index (χ1) is 7.65. The van der Waals surface area contributed by atoms with E-state index < -0.39 is 0 Å². The Hall–Kier alpha value is -0.340. The van der Waals surface area contributed by atoms with Crippen molar-refractivity contribution >= 4 is 0 Å². The summed E-state index contributed by atoms with van der Waals surface area (Å²) in [5.74, 6) is 0.978. The molecule has 0 aromatic carbocycles. The van der Waals surface area contributed by atoms with Gasteiger partial charge in [0, 0.05) is 31.7 Å². The van der Waals surface area contributed by atoms with Crippen molar-refractivity contribution in [1.82, 2.24) is 10.2 Å². The lowest BCUT2D eigenvalue weighted by Gasteiger charge is -2.27. The molecule has 0 spiro atoms. The molecule has 2 heteroatoms. The van der Waals surface area contributed by atoms with Crippen molar-refractivity contribution in [3.63, 3.8) is 0 Å². The lowest BCUT2D eigenvalue weighted by atomic mass is 10.2. The van der Waals surface area contributed by atoms with Gasteiger partial charge in [-0.05, 0) is 51.0 Å². The van der Waals surface area contributed by atoms with E-state index in [2.05, 4.69) is 30.6 Å². The van der Waals surface area contributed by atoms with Crippen LogP contribution in [0.25, 0.3) is 0 Å². The third kappa shape index (κ3) is 4.26. The molecular weight excluding hydrogens is 196 g/mol. The second-order valence-corrected chi connectivity index (χ2v) is 5.87. The molecule has 0 aromatic heterocycles. The van der Waals surface area contributed by atoms with Crippen LogP contribution >= 0.6 is 0 Å². The van der Waals surface area contributed by atoms with Crippen LogP contribution in [0.3, 0.4) is 0 Å². The number of nitrogens with one attached hydrogen (secondary N) is 1. The predicted molar refractivity (Wildman–Crippen MR) is 69.6 cm³/mol. The Balaban J connectivity index is 1.67. The first-order valence-electron chi connectivity index (χ1n) is 6.79. The van der Waals surface area contributed by atoms with E-state index in [0.29, 0.717) is 6.04 Å². The van der Waals surface area contributed by atoms with Gasteiger partial charge in [-0.25, -0.2) is 0 Å². The average Bonchev–Trinajstić information content (AvgIpc) is 3.09. The maximum Gasteiger partial charge on any atom is 0.0205 e. The molecule has 1 N–H and O–H groups in total. The van der Waals surface area contributed by atoms with Crippen molar-refractivity contribution < 1.29 is 0 Å². The van der Waals surface area contributed by atoms with Gasteiger partial charge in [-0.15, -0.1) is 0 Å². The predicted octanol–water partition coefficient (Wildman–Crippen LogP) is 2.42. The Kier molecular flexibility index (Phi) is 4.04. The second kappa shape index (κ2) is 5.33. The van der Waals surface area contributed by atoms with E-state index in [1.54, 1.807) is 0 Å². The lowest BCUT2D eigenvalue weighted by molar-refractivity contribution is 0.229. The summed E-state index contributed by atoms with van der Waals surface area (Å²) in [5, 5.41) is 3.54. The fourth-order valence-corrected chi connectivity index (χ4v) is 2.01. The molecule has 2 aliphatic carbocycles. The van der Waals surface area contributed by atoms with E-state index in [4.69, 9.17) is 0 Å². The Labute approximate surface area is 100 Å². The maximum atomic E-state index is 4.20. The zero-order valence-electron chi connectivity index (χ0n) is 10.8. The highest BCUT2D eigenvalue weighted by Crippen LogP contribution is 2.30. The summed E-state index contributed by atoms with van der Waals surface area (Å²) in [6.45, 7) is 12.2. The molecular formula is C14H26N2. The first-order valence-corrected chi connectivity index (χ1v) is 6.79. The van der Waals surface area contributed by atoms with Crippen molar-refractivity contribution in [3.8, 4) is 0 Å². The van der Waals surface area contributed by atoms with Gasteiger partial charge in [-0.3, -0.25) is 4.90 Å². The van der Waals surface area contributed by atoms with Crippen LogP contribution in [0.15, 0.2) is 12.2 Å². The fraction of sp³-hybridized carbons (Fsp3) is 0.857. The minimum atomic E-state index is 0.651. The van der Waals surface area contributed by atoms with Crippen LogP contribution in [0, 0.1) is 5.92 Å². The van der Waals surface area contributed by atoms with Gasteiger partial charge in [-0.1, -0.05) is 6.58 Å². The summed E-state index contributed by atoms with van der Waals surface area (Å²) < 4.78 is 0. The monoisotopic (exact) mass is 222 g/mol. The number of hydrogen-bond acceptors (Lipinski definition) is 2. The van der Waals surface area contributed by atoms with Gasteiger partial charge in [0.15, 0.2) is 0 Å². The van der Waals surface area contributed by atoms with Crippen molar-refractivity contribution in [3.05, 3.63) is 12.2 Å². The van der Waals surface area contributed by atoms with Crippen molar-refractivity contribution in [2.24, 2.45) is 5.92 Å². The molecule has 0 atom stereocenters. The third-order valence-corrected chi connectivity index (χ3v) is 3.56. The third-order valence-electron chi connectivity index (χ3n) is 3.56. The normalized spacial score (nSPS) is 20.8. The van der Waals surface area contributed by atoms with Gasteiger partial charge in [0.1, 0.15) is 0 Å². The largest absolute Gasteiger partial charge is 0.310 e. The van der Waals surface area contributed by atoms with Crippen LogP contribution < -0.4 is 5.32 Å². The summed E-state index contributed by atoms with van der Waals surface area (Å²) in [6, 6.07) is 1.45. The number of nitrogens with zero attached hydrogens (tertiary/aromatic N) is 1. The fourth-order valence-electron chi connectivity index (χ4n) is 2.01. The van der Waals surface area contributed by atoms with Gasteiger partial charge in [0.2, 0.25) is 0 Å². The lowest BCUT2D eigenvalue weighted by Crippen LogP contribution is -2.36. The van der Waals surface area contributed by atoms with Gasteiger partial charge >= 0.3 is 0 Å². The van der Waals surface area contributed by atoms with Gasteiger partial charge in [0.05, 0.1) is 0 Å². The topological polar surface area (TPSA) is 15.3 Å². The Morgan fingerprint density at radius 3 is 2.50 bits per heavy atom. The molecule has 2 rings (SSSR count). The summed E-state index contributed by atoms with van der Waals surface area (Å²) >= 11 is 0. The molecule has 0 aromatic rings. The molecule has 0 radical (unpaired) electrons. The van der Waals surface area contributed by atoms with E-state index in [-0.39, 0.29) is 0 Å². The van der Waals surface area contributed by atoms with Crippen LogP contribution in [-0.2, 0) is 0 Å². The molecule has 0 unspecified atom stereocenters. The van der Waals surface area contributed by atoms with Gasteiger partial charge < -0.3 is 5.32 Å². The summed E-state index contributed by atoms with van der Waals surface area (Å²) in [5.41, 5.74) is 1.35. The molecule has 92 valence electrons. The van der Waals surface area contributed by atoms with E-state index in [0.717, 1.165) is 25.0 Å². The molecule has 16 heavy (non-hydrogen) atoms. The highest BCUT2D eigenvalue weighted by atomic mass is 15.2. The second-order valence-electron chi connectivity index (χ2n) is 5.87. The van der Waals surface area contributed by atoms with Crippen molar-refractivity contribution in [1.29, 1.82) is 0 Å². The van der Waals surface area contributed by atoms with Crippen LogP contribution in [0.4, 0.5) is 0 Å². The minimum absolute atomic E-state index is 0.651. The average molecular weight is 222 g/mol. The molecule has 0 bridgehead atoms. The Morgan fingerprint density at radius 2 is 2.00 bits per heavy atom. The first kappa shape index (κ1) is 12.1. The van der Waals surface area contributed by atoms with E-state index in [1.807, 2.05) is 0 Å². The van der Waals surface area contributed by atoms with Crippen molar-refractivity contribution in [2.45, 2.75) is 51.6 Å². The van der Waals surface area contributed by atoms with Gasteiger partial charge in [0.25, 0.3) is 0 Å². The summed E-state index contributed by atoms with van der Waals surface area (Å²) in [4.78, 5) is 2.58. The maximum absolute atomic E-state index is 4.20. The van der Waals surface area contributed by atoms with Crippen LogP contribution in [0.2, 0.25) is 0 Å². The SMILES string of the molecule is C=C(CNC1CC1)CN(CC1CC1)C(C)C. The van der Waals surface area contributed by atoms with E-state index in [9.17, 15) is 0 Å². The van der Waals surface area contributed by atoms with Gasteiger partial charge in [-0.2, -0.15) is 0 Å². The van der Waals surface area contributed by atoms with Crippen LogP contribution in [-0.4, -0.2) is 36.6 Å². The molecule has 0 aliphatic heterocycles. The Bertz CT molecular complexity index is 239. The zero-order valence-corrected chi connectivity index (χ0v) is 10.8. The van der Waals surface area contributed by atoms with E-state index in [1.165, 1.54) is 37.8 Å². The standard InChI is InChI=1S/C14H26N2/c1-11(2)16(10-13-4-5-13)9-12(3)8-15-14-6-7-14/h11,13-15H,3-10H2,1-2H3. The quantitative estimate of drug-likeness (QED) is 0.635. The highest BCUT2D eigenvalue weighted by molar-refractivity contribution is 5.02. The molecule has 0 saturated heterocycles. The molecule has 2 saturated carbocycles. The summed E-state index contributed by atoms with van der Waals surface area (Å²) in [6.07, 6.45) is 5.61. The molecule has 2 nitrogen and oxygen atoms in total. The van der Waals surface area contributed by atoms with Crippen molar-refractivity contribution in [2.75, 3.05) is 19.6 Å². The minimum Gasteiger partial charge on any atom is -0.310 e. The molecule has 0 heterocycles. The zero-order chi connectivity index (χ0) is 11.5. The van der Waals surface area contributed by atoms with E-state index >= 15 is 0 Å². The number of rotatable bonds is 8. The van der Waals surface area contributed by atoms with Crippen LogP contribution in [0.5, 0.6) is 0 Å². The molecule has 2 fully saturated rings. The molecule has 2 aliphatic rings. The molecule has 0 amide bonds. The highest BCUT2D eigenvalue weighted by Gasteiger charge is 2.26. The Morgan fingerprint density at radius 1 is 1.31 bits per heavy atom. The summed E-state index contributed by atoms with van der Waals surface area (Å²) in [7, 11) is 0. The van der Waals surface area contributed by atoms with Crippen LogP contribution in [0.1, 0.15) is 39.5 Å². The smallest absolute Gasteiger partial charge is 0.0205 e. The number of hydrogen-bond donors (Lipinski definition) is 1.